The highest BCUT2D eigenvalue weighted by atomic mass is 19.1. The average Bonchev–Trinajstić information content (AvgIpc) is 2.48. The van der Waals surface area contributed by atoms with Crippen molar-refractivity contribution in [2.75, 3.05) is 25.5 Å². The molecule has 3 N–H and O–H groups in total. The summed E-state index contributed by atoms with van der Waals surface area (Å²) < 4.78 is 17.9. The lowest BCUT2D eigenvalue weighted by atomic mass is 10.0. The normalized spacial score (nSPS) is 15.6. The Morgan fingerprint density at radius 2 is 2.05 bits per heavy atom. The minimum atomic E-state index is -0.591. The Morgan fingerprint density at radius 3 is 2.62 bits per heavy atom. The Bertz CT molecular complexity index is 542. The molecule has 114 valence electrons. The lowest BCUT2D eigenvalue weighted by Gasteiger charge is -2.32. The Kier molecular flexibility index (Phi) is 4.62. The molecule has 1 aromatic carbocycles. The van der Waals surface area contributed by atoms with Gasteiger partial charge in [-0.15, -0.1) is 0 Å². The zero-order valence-corrected chi connectivity index (χ0v) is 11.8. The zero-order chi connectivity index (χ0) is 15.4. The highest BCUT2D eigenvalue weighted by Gasteiger charge is 2.22. The first-order chi connectivity index (χ1) is 10.0. The van der Waals surface area contributed by atoms with Crippen molar-refractivity contribution < 1.29 is 18.7 Å². The van der Waals surface area contributed by atoms with E-state index in [1.54, 1.807) is 4.90 Å². The molecule has 0 radical (unpaired) electrons. The van der Waals surface area contributed by atoms with Gasteiger partial charge in [-0.3, -0.25) is 0 Å². The van der Waals surface area contributed by atoms with Crippen molar-refractivity contribution in [2.45, 2.75) is 18.9 Å². The van der Waals surface area contributed by atoms with E-state index in [9.17, 15) is 14.0 Å². The average molecular weight is 295 g/mol. The molecule has 0 aliphatic carbocycles. The number of nitrogens with one attached hydrogen (secondary N) is 1. The maximum absolute atomic E-state index is 13.3. The number of carbonyl (C=O) groups is 2. The number of ether oxygens (including phenoxy) is 1. The fraction of sp³-hybridized carbons (Fsp3) is 0.429. The van der Waals surface area contributed by atoms with Gasteiger partial charge >= 0.3 is 12.0 Å². The molecule has 2 amide bonds. The number of hydrogen-bond acceptors (Lipinski definition) is 4. The van der Waals surface area contributed by atoms with Crippen LogP contribution in [0.15, 0.2) is 18.2 Å². The third kappa shape index (κ3) is 3.62. The Morgan fingerprint density at radius 1 is 1.38 bits per heavy atom. The largest absolute Gasteiger partial charge is 0.465 e. The van der Waals surface area contributed by atoms with E-state index >= 15 is 0 Å². The maximum Gasteiger partial charge on any atom is 0.340 e. The van der Waals surface area contributed by atoms with Gasteiger partial charge in [0.25, 0.3) is 0 Å². The van der Waals surface area contributed by atoms with Gasteiger partial charge in [0.15, 0.2) is 0 Å². The van der Waals surface area contributed by atoms with Crippen molar-refractivity contribution >= 4 is 17.7 Å². The predicted molar refractivity (Wildman–Crippen MR) is 75.5 cm³/mol. The van der Waals surface area contributed by atoms with E-state index in [0.29, 0.717) is 31.6 Å². The van der Waals surface area contributed by atoms with Crippen LogP contribution >= 0.6 is 0 Å². The minimum Gasteiger partial charge on any atom is -0.465 e. The van der Waals surface area contributed by atoms with E-state index in [1.807, 2.05) is 0 Å². The molecule has 1 aliphatic heterocycles. The van der Waals surface area contributed by atoms with Gasteiger partial charge in [0.05, 0.1) is 12.7 Å². The number of rotatable bonds is 3. The molecular weight excluding hydrogens is 277 g/mol. The molecule has 2 rings (SSSR count). The molecular formula is C14H18FN3O3. The van der Waals surface area contributed by atoms with E-state index in [0.717, 1.165) is 6.07 Å². The number of benzene rings is 1. The maximum atomic E-state index is 13.3. The summed E-state index contributed by atoms with van der Waals surface area (Å²) in [6.07, 6.45) is 1.42. The molecule has 0 saturated carbocycles. The van der Waals surface area contributed by atoms with Crippen molar-refractivity contribution in [2.24, 2.45) is 5.73 Å². The molecule has 6 nitrogen and oxygen atoms in total. The third-order valence-electron chi connectivity index (χ3n) is 3.55. The standard InChI is InChI=1S/C14H18FN3O3/c1-21-13(19)11-8-9(15)2-3-12(11)17-10-4-6-18(7-5-10)14(16)20/h2-3,8,10,17H,4-7H2,1H3,(H2,16,20). The minimum absolute atomic E-state index is 0.0921. The Balaban J connectivity index is 2.07. The number of amides is 2. The summed E-state index contributed by atoms with van der Waals surface area (Å²) in [6.45, 7) is 1.11. The van der Waals surface area contributed by atoms with Crippen LogP contribution in [0.3, 0.4) is 0 Å². The van der Waals surface area contributed by atoms with Gasteiger partial charge in [-0.05, 0) is 31.0 Å². The fourth-order valence-electron chi connectivity index (χ4n) is 2.39. The highest BCUT2D eigenvalue weighted by molar-refractivity contribution is 5.95. The summed E-state index contributed by atoms with van der Waals surface area (Å²) in [7, 11) is 1.25. The van der Waals surface area contributed by atoms with E-state index in [-0.39, 0.29) is 11.6 Å². The number of anilines is 1. The predicted octanol–water partition coefficient (Wildman–Crippen LogP) is 1.57. The van der Waals surface area contributed by atoms with E-state index < -0.39 is 17.8 Å². The van der Waals surface area contributed by atoms with E-state index in [4.69, 9.17) is 5.73 Å². The lowest BCUT2D eigenvalue weighted by Crippen LogP contribution is -2.44. The number of likely N-dealkylation sites (tertiary alicyclic amines) is 1. The number of nitrogens with zero attached hydrogens (tertiary/aromatic N) is 1. The lowest BCUT2D eigenvalue weighted by molar-refractivity contribution is 0.0601. The summed E-state index contributed by atoms with van der Waals surface area (Å²) in [5.41, 5.74) is 5.92. The molecule has 1 aromatic rings. The molecule has 0 bridgehead atoms. The van der Waals surface area contributed by atoms with Crippen LogP contribution in [0.4, 0.5) is 14.9 Å². The van der Waals surface area contributed by atoms with Gasteiger partial charge in [-0.1, -0.05) is 0 Å². The van der Waals surface area contributed by atoms with Crippen molar-refractivity contribution in [1.82, 2.24) is 4.90 Å². The monoisotopic (exact) mass is 295 g/mol. The van der Waals surface area contributed by atoms with E-state index in [1.165, 1.54) is 19.2 Å². The van der Waals surface area contributed by atoms with Gasteiger partial charge in [-0.2, -0.15) is 0 Å². The number of hydrogen-bond donors (Lipinski definition) is 2. The summed E-state index contributed by atoms with van der Waals surface area (Å²) >= 11 is 0. The number of halogens is 1. The molecule has 0 aromatic heterocycles. The first-order valence-corrected chi connectivity index (χ1v) is 6.70. The quantitative estimate of drug-likeness (QED) is 0.829. The summed E-state index contributed by atoms with van der Waals surface area (Å²) in [6, 6.07) is 3.61. The van der Waals surface area contributed by atoms with Crippen molar-refractivity contribution in [1.29, 1.82) is 0 Å². The first kappa shape index (κ1) is 15.1. The van der Waals surface area contributed by atoms with Gasteiger partial charge < -0.3 is 20.7 Å². The summed E-state index contributed by atoms with van der Waals surface area (Å²) in [5, 5.41) is 3.21. The molecule has 1 heterocycles. The van der Waals surface area contributed by atoms with Crippen LogP contribution in [-0.2, 0) is 4.74 Å². The molecule has 1 aliphatic rings. The number of nitrogens with two attached hydrogens (primary N) is 1. The number of esters is 1. The molecule has 21 heavy (non-hydrogen) atoms. The van der Waals surface area contributed by atoms with Crippen LogP contribution in [0, 0.1) is 5.82 Å². The fourth-order valence-corrected chi connectivity index (χ4v) is 2.39. The molecule has 0 unspecified atom stereocenters. The van der Waals surface area contributed by atoms with Crippen LogP contribution in [0.1, 0.15) is 23.2 Å². The van der Waals surface area contributed by atoms with Crippen LogP contribution < -0.4 is 11.1 Å². The zero-order valence-electron chi connectivity index (χ0n) is 11.8. The Labute approximate surface area is 122 Å². The number of urea groups is 1. The van der Waals surface area contributed by atoms with Crippen LogP contribution in [0.5, 0.6) is 0 Å². The second-order valence-electron chi connectivity index (χ2n) is 4.93. The second-order valence-corrected chi connectivity index (χ2v) is 4.93. The van der Waals surface area contributed by atoms with Gasteiger partial charge in [0.1, 0.15) is 5.82 Å². The van der Waals surface area contributed by atoms with Crippen molar-refractivity contribution in [3.05, 3.63) is 29.6 Å². The highest BCUT2D eigenvalue weighted by Crippen LogP contribution is 2.22. The number of methoxy groups -OCH3 is 1. The molecule has 0 atom stereocenters. The van der Waals surface area contributed by atoms with Gasteiger partial charge in [0.2, 0.25) is 0 Å². The molecule has 1 fully saturated rings. The van der Waals surface area contributed by atoms with E-state index in [2.05, 4.69) is 10.1 Å². The Hall–Kier alpha value is -2.31. The van der Waals surface area contributed by atoms with Crippen LogP contribution in [0.25, 0.3) is 0 Å². The first-order valence-electron chi connectivity index (χ1n) is 6.70. The third-order valence-corrected chi connectivity index (χ3v) is 3.55. The number of piperidine rings is 1. The number of primary amides is 1. The smallest absolute Gasteiger partial charge is 0.340 e. The number of carbonyl (C=O) groups excluding carboxylic acids is 2. The summed E-state index contributed by atoms with van der Waals surface area (Å²) in [5.74, 6) is -1.09. The molecule has 7 heteroatoms. The van der Waals surface area contributed by atoms with Gasteiger partial charge in [-0.25, -0.2) is 14.0 Å². The second kappa shape index (κ2) is 6.43. The molecule has 1 saturated heterocycles. The van der Waals surface area contributed by atoms with Crippen LogP contribution in [-0.4, -0.2) is 43.1 Å². The van der Waals surface area contributed by atoms with Crippen molar-refractivity contribution in [3.63, 3.8) is 0 Å². The van der Waals surface area contributed by atoms with Crippen LogP contribution in [0.2, 0.25) is 0 Å². The molecule has 0 spiro atoms. The van der Waals surface area contributed by atoms with Crippen molar-refractivity contribution in [3.8, 4) is 0 Å². The van der Waals surface area contributed by atoms with Gasteiger partial charge in [0, 0.05) is 24.8 Å². The SMILES string of the molecule is COC(=O)c1cc(F)ccc1NC1CCN(C(N)=O)CC1. The summed E-state index contributed by atoms with van der Waals surface area (Å²) in [4.78, 5) is 24.3. The topological polar surface area (TPSA) is 84.7 Å².